The second kappa shape index (κ2) is 10.2. The van der Waals surface area contributed by atoms with Gasteiger partial charge in [0.15, 0.2) is 0 Å². The van der Waals surface area contributed by atoms with Gasteiger partial charge in [-0.3, -0.25) is 0 Å². The topological polar surface area (TPSA) is 103 Å². The minimum absolute atomic E-state index is 0.172. The number of amidine groups is 1. The number of benzene rings is 2. The molecule has 0 amide bonds. The Hall–Kier alpha value is -3.91. The molecule has 1 fully saturated rings. The molecule has 2 atom stereocenters. The number of anilines is 1. The standard InChI is InChI=1S/C29H33FN6O/c1-4-18-6-7-20(30)12-26(18)35-29(32)25-15-33-36-16-19(24-14-23(37-3)10-5-17(24)2)11-27(36)28(25)34-22-9-8-21(31)13-22/h5-7,10-12,14-16,21-22,34H,4,8-9,13,31H2,1-3H3,(H2,32,35)/t21-,22+/m1/s1. The number of nitrogens with two attached hydrogens (primary N) is 2. The Morgan fingerprint density at radius 1 is 1.22 bits per heavy atom. The van der Waals surface area contributed by atoms with Crippen molar-refractivity contribution in [1.29, 1.82) is 0 Å². The van der Waals surface area contributed by atoms with Crippen molar-refractivity contribution in [3.05, 3.63) is 77.4 Å². The van der Waals surface area contributed by atoms with E-state index in [-0.39, 0.29) is 23.7 Å². The molecule has 0 bridgehead atoms. The van der Waals surface area contributed by atoms with Crippen LogP contribution in [-0.4, -0.2) is 34.6 Å². The normalized spacial score (nSPS) is 17.9. The van der Waals surface area contributed by atoms with Crippen molar-refractivity contribution in [3.63, 3.8) is 0 Å². The average molecular weight is 501 g/mol. The summed E-state index contributed by atoms with van der Waals surface area (Å²) < 4.78 is 21.3. The molecule has 37 heavy (non-hydrogen) atoms. The van der Waals surface area contributed by atoms with Gasteiger partial charge in [0, 0.05) is 23.8 Å². The third-order valence-corrected chi connectivity index (χ3v) is 7.16. The lowest BCUT2D eigenvalue weighted by Gasteiger charge is -2.18. The Morgan fingerprint density at radius 2 is 2.05 bits per heavy atom. The lowest BCUT2D eigenvalue weighted by atomic mass is 10.0. The van der Waals surface area contributed by atoms with E-state index >= 15 is 0 Å². The molecule has 4 aromatic rings. The number of ether oxygens (including phenoxy) is 1. The Labute approximate surface area is 216 Å². The maximum absolute atomic E-state index is 14.0. The number of nitrogens with one attached hydrogen (secondary N) is 1. The lowest BCUT2D eigenvalue weighted by molar-refractivity contribution is 0.415. The number of aromatic nitrogens is 2. The number of nitrogens with zero attached hydrogens (tertiary/aromatic N) is 3. The van der Waals surface area contributed by atoms with Crippen LogP contribution in [0.3, 0.4) is 0 Å². The van der Waals surface area contributed by atoms with E-state index in [1.54, 1.807) is 19.4 Å². The van der Waals surface area contributed by atoms with Crippen LogP contribution >= 0.6 is 0 Å². The van der Waals surface area contributed by atoms with E-state index in [0.29, 0.717) is 11.3 Å². The van der Waals surface area contributed by atoms with Gasteiger partial charge < -0.3 is 21.5 Å². The van der Waals surface area contributed by atoms with Gasteiger partial charge in [-0.1, -0.05) is 19.1 Å². The largest absolute Gasteiger partial charge is 0.497 e. The van der Waals surface area contributed by atoms with E-state index in [1.807, 2.05) is 35.8 Å². The fraction of sp³-hybridized carbons (Fsp3) is 0.310. The SMILES string of the molecule is CCc1ccc(F)cc1N=C(N)c1cnn2cc(-c3cc(OC)ccc3C)cc2c1N[C@H]1CC[C@@H](N)C1. The van der Waals surface area contributed by atoms with Crippen molar-refractivity contribution in [2.45, 2.75) is 51.6 Å². The van der Waals surface area contributed by atoms with Crippen LogP contribution in [0.1, 0.15) is 42.9 Å². The maximum Gasteiger partial charge on any atom is 0.135 e. The summed E-state index contributed by atoms with van der Waals surface area (Å²) in [6.07, 6.45) is 7.25. The molecule has 1 aliphatic carbocycles. The van der Waals surface area contributed by atoms with Crippen molar-refractivity contribution in [1.82, 2.24) is 9.61 Å². The first-order chi connectivity index (χ1) is 17.9. The highest BCUT2D eigenvalue weighted by Crippen LogP contribution is 2.34. The van der Waals surface area contributed by atoms with Crippen molar-refractivity contribution < 1.29 is 9.13 Å². The Bertz CT molecular complexity index is 1480. The molecule has 0 unspecified atom stereocenters. The van der Waals surface area contributed by atoms with E-state index in [1.165, 1.54) is 12.1 Å². The van der Waals surface area contributed by atoms with Gasteiger partial charge in [-0.25, -0.2) is 13.9 Å². The Kier molecular flexibility index (Phi) is 6.84. The van der Waals surface area contributed by atoms with E-state index in [0.717, 1.165) is 64.9 Å². The number of halogens is 1. The molecule has 0 saturated heterocycles. The van der Waals surface area contributed by atoms with Crippen LogP contribution in [-0.2, 0) is 6.42 Å². The van der Waals surface area contributed by atoms with Crippen LogP contribution in [0, 0.1) is 12.7 Å². The summed E-state index contributed by atoms with van der Waals surface area (Å²) in [7, 11) is 1.66. The zero-order valence-corrected chi connectivity index (χ0v) is 21.5. The summed E-state index contributed by atoms with van der Waals surface area (Å²) >= 11 is 0. The highest BCUT2D eigenvalue weighted by molar-refractivity contribution is 6.06. The van der Waals surface area contributed by atoms with E-state index in [9.17, 15) is 4.39 Å². The first-order valence-electron chi connectivity index (χ1n) is 12.7. The summed E-state index contributed by atoms with van der Waals surface area (Å²) in [6, 6.07) is 13.1. The molecule has 0 radical (unpaired) electrons. The summed E-state index contributed by atoms with van der Waals surface area (Å²) in [4.78, 5) is 4.64. The smallest absolute Gasteiger partial charge is 0.135 e. The fourth-order valence-corrected chi connectivity index (χ4v) is 5.07. The third-order valence-electron chi connectivity index (χ3n) is 7.16. The number of aryl methyl sites for hydroxylation is 2. The molecule has 1 saturated carbocycles. The third kappa shape index (κ3) is 5.02. The molecule has 5 rings (SSSR count). The molecule has 0 aliphatic heterocycles. The van der Waals surface area contributed by atoms with Crippen molar-refractivity contribution in [3.8, 4) is 16.9 Å². The Balaban J connectivity index is 1.65. The first kappa shape index (κ1) is 24.8. The highest BCUT2D eigenvalue weighted by Gasteiger charge is 2.24. The van der Waals surface area contributed by atoms with Gasteiger partial charge in [-0.05, 0) is 79.6 Å². The molecular weight excluding hydrogens is 467 g/mol. The van der Waals surface area contributed by atoms with Crippen LogP contribution in [0.2, 0.25) is 0 Å². The summed E-state index contributed by atoms with van der Waals surface area (Å²) in [5.74, 6) is 0.724. The van der Waals surface area contributed by atoms with Crippen LogP contribution in [0.15, 0.2) is 59.9 Å². The molecule has 1 aliphatic rings. The van der Waals surface area contributed by atoms with Gasteiger partial charge in [-0.15, -0.1) is 0 Å². The minimum atomic E-state index is -0.347. The van der Waals surface area contributed by atoms with Crippen molar-refractivity contribution in [2.75, 3.05) is 12.4 Å². The van der Waals surface area contributed by atoms with Crippen molar-refractivity contribution >= 4 is 22.7 Å². The van der Waals surface area contributed by atoms with Crippen LogP contribution in [0.25, 0.3) is 16.6 Å². The number of hydrogen-bond acceptors (Lipinski definition) is 5. The second-order valence-electron chi connectivity index (χ2n) is 9.71. The van der Waals surface area contributed by atoms with Gasteiger partial charge in [-0.2, -0.15) is 5.10 Å². The molecule has 8 heteroatoms. The van der Waals surface area contributed by atoms with Crippen LogP contribution in [0.5, 0.6) is 5.75 Å². The van der Waals surface area contributed by atoms with Gasteiger partial charge in [0.1, 0.15) is 17.4 Å². The fourth-order valence-electron chi connectivity index (χ4n) is 5.07. The Morgan fingerprint density at radius 3 is 2.78 bits per heavy atom. The number of hydrogen-bond donors (Lipinski definition) is 3. The van der Waals surface area contributed by atoms with E-state index in [4.69, 9.17) is 16.2 Å². The van der Waals surface area contributed by atoms with Crippen molar-refractivity contribution in [2.24, 2.45) is 16.5 Å². The molecule has 192 valence electrons. The molecular formula is C29H33FN6O. The van der Waals surface area contributed by atoms with Gasteiger partial charge >= 0.3 is 0 Å². The monoisotopic (exact) mass is 500 g/mol. The zero-order chi connectivity index (χ0) is 26.1. The predicted octanol–water partition coefficient (Wildman–Crippen LogP) is 5.35. The highest BCUT2D eigenvalue weighted by atomic mass is 19.1. The number of methoxy groups -OCH3 is 1. The maximum atomic E-state index is 14.0. The minimum Gasteiger partial charge on any atom is -0.497 e. The van der Waals surface area contributed by atoms with Gasteiger partial charge in [0.05, 0.1) is 35.8 Å². The van der Waals surface area contributed by atoms with Crippen LogP contribution in [0.4, 0.5) is 15.8 Å². The van der Waals surface area contributed by atoms with Gasteiger partial charge in [0.25, 0.3) is 0 Å². The number of rotatable bonds is 7. The average Bonchev–Trinajstić information content (AvgIpc) is 3.50. The lowest BCUT2D eigenvalue weighted by Crippen LogP contribution is -2.24. The molecule has 2 heterocycles. The molecule has 0 spiro atoms. The van der Waals surface area contributed by atoms with Crippen LogP contribution < -0.4 is 21.5 Å². The zero-order valence-electron chi connectivity index (χ0n) is 21.5. The summed E-state index contributed by atoms with van der Waals surface area (Å²) in [5.41, 5.74) is 19.8. The number of aliphatic imine (C=N–C) groups is 1. The quantitative estimate of drug-likeness (QED) is 0.235. The molecule has 2 aromatic heterocycles. The van der Waals surface area contributed by atoms with E-state index < -0.39 is 0 Å². The first-order valence-corrected chi connectivity index (χ1v) is 12.7. The van der Waals surface area contributed by atoms with E-state index in [2.05, 4.69) is 28.4 Å². The molecule has 7 nitrogen and oxygen atoms in total. The summed E-state index contributed by atoms with van der Waals surface area (Å²) in [5, 5.41) is 8.35. The molecule has 2 aromatic carbocycles. The summed E-state index contributed by atoms with van der Waals surface area (Å²) in [6.45, 7) is 4.08. The second-order valence-corrected chi connectivity index (χ2v) is 9.71. The van der Waals surface area contributed by atoms with Gasteiger partial charge in [0.2, 0.25) is 0 Å². The predicted molar refractivity (Wildman–Crippen MR) is 147 cm³/mol. The number of fused-ring (bicyclic) bond motifs is 1. The molecule has 5 N–H and O–H groups in total.